The van der Waals surface area contributed by atoms with Crippen molar-refractivity contribution in [2.45, 2.75) is 212 Å². The summed E-state index contributed by atoms with van der Waals surface area (Å²) in [4.78, 5) is 36.8. The summed E-state index contributed by atoms with van der Waals surface area (Å²) < 4.78 is 17.2. The summed E-state index contributed by atoms with van der Waals surface area (Å²) in [6, 6.07) is -0.725. The Kier molecular flexibility index (Phi) is 36.2. The highest BCUT2D eigenvalue weighted by molar-refractivity contribution is 5.70. The third-order valence-corrected chi connectivity index (χ3v) is 10.1. The van der Waals surface area contributed by atoms with Crippen LogP contribution in [0, 0.1) is 0 Å². The van der Waals surface area contributed by atoms with E-state index in [0.29, 0.717) is 12.8 Å². The Morgan fingerprint density at radius 3 is 1.46 bits per heavy atom. The van der Waals surface area contributed by atoms with Crippen molar-refractivity contribution in [3.63, 3.8) is 0 Å². The molecule has 0 amide bonds. The van der Waals surface area contributed by atoms with Crippen molar-refractivity contribution in [2.24, 2.45) is 0 Å². The van der Waals surface area contributed by atoms with Crippen LogP contribution in [0.1, 0.15) is 200 Å². The summed E-state index contributed by atoms with van der Waals surface area (Å²) in [7, 11) is 5.41. The number of ether oxygens (including phenoxy) is 3. The molecule has 54 heavy (non-hydrogen) atoms. The molecule has 0 spiro atoms. The van der Waals surface area contributed by atoms with E-state index in [4.69, 9.17) is 14.2 Å². The Labute approximate surface area is 332 Å². The molecule has 0 aromatic carbocycles. The summed E-state index contributed by atoms with van der Waals surface area (Å²) in [5, 5.41) is 11.6. The zero-order valence-electron chi connectivity index (χ0n) is 35.9. The number of carboxylic acid groups (broad SMARTS) is 1. The van der Waals surface area contributed by atoms with Crippen LogP contribution in [-0.2, 0) is 28.6 Å². The fourth-order valence-electron chi connectivity index (χ4n) is 6.57. The van der Waals surface area contributed by atoms with Crippen molar-refractivity contribution in [3.05, 3.63) is 24.3 Å². The lowest BCUT2D eigenvalue weighted by molar-refractivity contribution is -0.889. The van der Waals surface area contributed by atoms with Gasteiger partial charge in [0.1, 0.15) is 12.6 Å². The van der Waals surface area contributed by atoms with E-state index in [1.165, 1.54) is 103 Å². The Bertz CT molecular complexity index is 942. The fourth-order valence-corrected chi connectivity index (χ4v) is 6.57. The molecule has 2 atom stereocenters. The van der Waals surface area contributed by atoms with Crippen molar-refractivity contribution in [3.8, 4) is 0 Å². The molecule has 8 heteroatoms. The van der Waals surface area contributed by atoms with Gasteiger partial charge in [0.2, 0.25) is 0 Å². The van der Waals surface area contributed by atoms with Crippen molar-refractivity contribution >= 4 is 17.9 Å². The standard InChI is InChI=1S/C46H85NO7/c1-6-8-10-12-14-16-18-20-22-24-26-28-30-32-34-36-44(48)53-41-42(40-52-39-38-43(46(50)51)47(3,4)5)54-45(49)37-35-33-31-29-27-25-23-21-19-17-15-13-11-9-7-2/h15,17,21,23,42-43H,6-14,16,18-20,22,24-41H2,1-5H3/b17-15-,23-21-. The Morgan fingerprint density at radius 1 is 0.556 bits per heavy atom. The van der Waals surface area contributed by atoms with Crippen LogP contribution in [0.3, 0.4) is 0 Å². The molecule has 0 aliphatic heterocycles. The van der Waals surface area contributed by atoms with Crippen molar-refractivity contribution in [2.75, 3.05) is 41.0 Å². The molecule has 0 heterocycles. The number of esters is 2. The van der Waals surface area contributed by atoms with Crippen molar-refractivity contribution < 1.29 is 38.2 Å². The molecule has 0 radical (unpaired) electrons. The SMILES string of the molecule is CCCCC/C=C\C/C=C\CCCCCCCC(=O)OC(COCCC(C(=O)[O-])[N+](C)(C)C)COC(=O)CCCCCCCCCCCCCCCCC. The van der Waals surface area contributed by atoms with Gasteiger partial charge in [0, 0.05) is 19.3 Å². The smallest absolute Gasteiger partial charge is 0.306 e. The lowest BCUT2D eigenvalue weighted by Gasteiger charge is -2.34. The molecule has 0 aliphatic carbocycles. The maximum Gasteiger partial charge on any atom is 0.306 e. The molecule has 8 nitrogen and oxygen atoms in total. The summed E-state index contributed by atoms with van der Waals surface area (Å²) in [5.74, 6) is -1.74. The van der Waals surface area contributed by atoms with E-state index in [1.54, 1.807) is 21.1 Å². The monoisotopic (exact) mass is 764 g/mol. The first kappa shape index (κ1) is 51.8. The third kappa shape index (κ3) is 35.5. The predicted octanol–water partition coefficient (Wildman–Crippen LogP) is 10.7. The van der Waals surface area contributed by atoms with Crippen LogP contribution in [0.25, 0.3) is 0 Å². The largest absolute Gasteiger partial charge is 0.544 e. The summed E-state index contributed by atoms with van der Waals surface area (Å²) in [6.45, 7) is 4.64. The number of nitrogens with zero attached hydrogens (tertiary/aromatic N) is 1. The number of likely N-dealkylation sites (N-methyl/N-ethyl adjacent to an activating group) is 1. The van der Waals surface area contributed by atoms with Gasteiger partial charge in [-0.1, -0.05) is 160 Å². The molecule has 0 fully saturated rings. The van der Waals surface area contributed by atoms with Gasteiger partial charge in [0.05, 0.1) is 40.3 Å². The van der Waals surface area contributed by atoms with Crippen LogP contribution in [-0.4, -0.2) is 75.5 Å². The molecule has 0 aromatic heterocycles. The average Bonchev–Trinajstić information content (AvgIpc) is 3.12. The number of carbonyl (C=O) groups excluding carboxylic acids is 3. The van der Waals surface area contributed by atoms with E-state index in [0.717, 1.165) is 64.2 Å². The van der Waals surface area contributed by atoms with Gasteiger partial charge in [-0.05, 0) is 44.9 Å². The Balaban J connectivity index is 4.34. The molecule has 0 aliphatic rings. The zero-order valence-corrected chi connectivity index (χ0v) is 35.9. The molecule has 0 bridgehead atoms. The van der Waals surface area contributed by atoms with Crippen LogP contribution in [0.15, 0.2) is 24.3 Å². The van der Waals surface area contributed by atoms with Gasteiger partial charge in [0.25, 0.3) is 0 Å². The van der Waals surface area contributed by atoms with Gasteiger partial charge in [0.15, 0.2) is 6.10 Å². The van der Waals surface area contributed by atoms with E-state index in [-0.39, 0.29) is 42.7 Å². The second-order valence-electron chi connectivity index (χ2n) is 16.3. The highest BCUT2D eigenvalue weighted by Crippen LogP contribution is 2.15. The van der Waals surface area contributed by atoms with Crippen molar-refractivity contribution in [1.82, 2.24) is 0 Å². The number of quaternary nitrogens is 1. The van der Waals surface area contributed by atoms with E-state index in [2.05, 4.69) is 38.2 Å². The number of unbranched alkanes of at least 4 members (excludes halogenated alkanes) is 22. The first-order valence-electron chi connectivity index (χ1n) is 22.4. The molecule has 0 saturated carbocycles. The molecule has 0 rings (SSSR count). The number of carbonyl (C=O) groups is 3. The van der Waals surface area contributed by atoms with Gasteiger partial charge in [-0.3, -0.25) is 9.59 Å². The lowest BCUT2D eigenvalue weighted by atomic mass is 10.0. The second-order valence-corrected chi connectivity index (χ2v) is 16.3. The number of aliphatic carboxylic acids is 1. The number of allylic oxidation sites excluding steroid dienone is 4. The number of hydrogen-bond donors (Lipinski definition) is 0. The van der Waals surface area contributed by atoms with Crippen LogP contribution in [0.4, 0.5) is 0 Å². The first-order chi connectivity index (χ1) is 26.1. The molecular weight excluding hydrogens is 679 g/mol. The normalized spacial score (nSPS) is 13.1. The maximum absolute atomic E-state index is 12.7. The minimum absolute atomic E-state index is 0.0387. The summed E-state index contributed by atoms with van der Waals surface area (Å²) in [5.41, 5.74) is 0. The maximum atomic E-state index is 12.7. The first-order valence-corrected chi connectivity index (χ1v) is 22.4. The quantitative estimate of drug-likeness (QED) is 0.0265. The van der Waals surface area contributed by atoms with Crippen LogP contribution >= 0.6 is 0 Å². The Morgan fingerprint density at radius 2 is 0.981 bits per heavy atom. The minimum atomic E-state index is -1.13. The summed E-state index contributed by atoms with van der Waals surface area (Å²) >= 11 is 0. The highest BCUT2D eigenvalue weighted by Gasteiger charge is 2.25. The van der Waals surface area contributed by atoms with Gasteiger partial charge in [-0.15, -0.1) is 0 Å². The Hall–Kier alpha value is -2.19. The van der Waals surface area contributed by atoms with E-state index in [9.17, 15) is 19.5 Å². The molecule has 0 N–H and O–H groups in total. The van der Waals surface area contributed by atoms with Gasteiger partial charge in [-0.25, -0.2) is 0 Å². The van der Waals surface area contributed by atoms with E-state index in [1.807, 2.05) is 0 Å². The van der Waals surface area contributed by atoms with Crippen LogP contribution in [0.5, 0.6) is 0 Å². The highest BCUT2D eigenvalue weighted by atomic mass is 16.6. The summed E-state index contributed by atoms with van der Waals surface area (Å²) in [6.07, 6.45) is 40.5. The van der Waals surface area contributed by atoms with Crippen LogP contribution < -0.4 is 5.11 Å². The van der Waals surface area contributed by atoms with Crippen LogP contribution in [0.2, 0.25) is 0 Å². The lowest BCUT2D eigenvalue weighted by Crippen LogP contribution is -2.55. The topological polar surface area (TPSA) is 102 Å². The predicted molar refractivity (Wildman–Crippen MR) is 222 cm³/mol. The van der Waals surface area contributed by atoms with Gasteiger partial charge < -0.3 is 28.6 Å². The number of carboxylic acids is 1. The third-order valence-electron chi connectivity index (χ3n) is 10.1. The molecule has 0 aromatic rings. The zero-order chi connectivity index (χ0) is 40.0. The number of hydrogen-bond acceptors (Lipinski definition) is 7. The average molecular weight is 764 g/mol. The van der Waals surface area contributed by atoms with Gasteiger partial charge in [-0.2, -0.15) is 0 Å². The van der Waals surface area contributed by atoms with Crippen molar-refractivity contribution in [1.29, 1.82) is 0 Å². The van der Waals surface area contributed by atoms with E-state index >= 15 is 0 Å². The fraction of sp³-hybridized carbons (Fsp3) is 0.848. The molecular formula is C46H85NO7. The minimum Gasteiger partial charge on any atom is -0.544 e. The second kappa shape index (κ2) is 37.7. The van der Waals surface area contributed by atoms with Gasteiger partial charge >= 0.3 is 11.9 Å². The number of rotatable bonds is 40. The van der Waals surface area contributed by atoms with E-state index < -0.39 is 18.1 Å². The molecule has 0 saturated heterocycles. The molecule has 316 valence electrons. The molecule has 2 unspecified atom stereocenters.